The number of hydrogen-bond acceptors (Lipinski definition) is 7. The molecule has 4 rings (SSSR count). The molecular weight excluding hydrogens is 484 g/mol. The molecule has 9 heteroatoms. The molecule has 182 valence electrons. The molecule has 0 saturated heterocycles. The first-order chi connectivity index (χ1) is 16.9. The van der Waals surface area contributed by atoms with Gasteiger partial charge in [-0.25, -0.2) is 9.48 Å². The first kappa shape index (κ1) is 24.9. The molecule has 2 aromatic carbocycles. The standard InChI is InChI=1S/C26H27ClN4O3S/c1-5-13-33-24(32)22-17(4)28-25-29-26(35-15-19-9-6-7-12-21(19)27)30-31(25)23(22)18-10-8-11-20(14-18)34-16(2)3/h5-12,14,16,23H,1,13,15H2,2-4H3,(H,28,29,30). The fourth-order valence-corrected chi connectivity index (χ4v) is 4.88. The van der Waals surface area contributed by atoms with Gasteiger partial charge in [-0.3, -0.25) is 0 Å². The van der Waals surface area contributed by atoms with Gasteiger partial charge in [0.2, 0.25) is 11.1 Å². The predicted octanol–water partition coefficient (Wildman–Crippen LogP) is 6.03. The van der Waals surface area contributed by atoms with Crippen LogP contribution in [0.4, 0.5) is 5.95 Å². The van der Waals surface area contributed by atoms with Crippen LogP contribution < -0.4 is 10.1 Å². The largest absolute Gasteiger partial charge is 0.491 e. The Morgan fingerprint density at radius 2 is 2.09 bits per heavy atom. The van der Waals surface area contributed by atoms with E-state index in [1.165, 1.54) is 11.8 Å². The Balaban J connectivity index is 1.71. The summed E-state index contributed by atoms with van der Waals surface area (Å²) in [6.45, 7) is 9.53. The smallest absolute Gasteiger partial charge is 0.338 e. The van der Waals surface area contributed by atoms with Gasteiger partial charge in [0.15, 0.2) is 0 Å². The Hall–Kier alpha value is -3.23. The molecule has 0 saturated carbocycles. The summed E-state index contributed by atoms with van der Waals surface area (Å²) in [6, 6.07) is 14.8. The number of esters is 1. The van der Waals surface area contributed by atoms with Crippen LogP contribution in [0.5, 0.6) is 5.75 Å². The number of rotatable bonds is 9. The highest BCUT2D eigenvalue weighted by molar-refractivity contribution is 7.98. The van der Waals surface area contributed by atoms with Gasteiger partial charge in [0.1, 0.15) is 18.4 Å². The van der Waals surface area contributed by atoms with E-state index in [1.807, 2.05) is 69.3 Å². The number of nitrogens with zero attached hydrogens (tertiary/aromatic N) is 3. The first-order valence-corrected chi connectivity index (χ1v) is 12.6. The number of fused-ring (bicyclic) bond motifs is 1. The Morgan fingerprint density at radius 1 is 1.29 bits per heavy atom. The van der Waals surface area contributed by atoms with Crippen molar-refractivity contribution in [3.63, 3.8) is 0 Å². The van der Waals surface area contributed by atoms with Crippen molar-refractivity contribution in [2.45, 2.75) is 43.8 Å². The monoisotopic (exact) mass is 510 g/mol. The number of carbonyl (C=O) groups excluding carboxylic acids is 1. The molecule has 0 aliphatic carbocycles. The van der Waals surface area contributed by atoms with Crippen molar-refractivity contribution >= 4 is 35.3 Å². The zero-order valence-corrected chi connectivity index (χ0v) is 21.4. The third kappa shape index (κ3) is 5.71. The number of nitrogens with one attached hydrogen (secondary N) is 1. The fraction of sp³-hybridized carbons (Fsp3) is 0.269. The summed E-state index contributed by atoms with van der Waals surface area (Å²) in [6.07, 6.45) is 1.56. The molecule has 0 radical (unpaired) electrons. The second kappa shape index (κ2) is 11.0. The minimum absolute atomic E-state index is 0.0160. The van der Waals surface area contributed by atoms with Crippen LogP contribution in [0.2, 0.25) is 5.02 Å². The topological polar surface area (TPSA) is 78.3 Å². The zero-order valence-electron chi connectivity index (χ0n) is 19.8. The number of benzene rings is 2. The maximum atomic E-state index is 13.1. The number of allylic oxidation sites excluding steroid dienone is 1. The molecule has 1 aromatic heterocycles. The van der Waals surface area contributed by atoms with Gasteiger partial charge < -0.3 is 14.8 Å². The lowest BCUT2D eigenvalue weighted by Crippen LogP contribution is -2.29. The molecule has 1 N–H and O–H groups in total. The first-order valence-electron chi connectivity index (χ1n) is 11.2. The molecule has 0 fully saturated rings. The van der Waals surface area contributed by atoms with E-state index >= 15 is 0 Å². The summed E-state index contributed by atoms with van der Waals surface area (Å²) in [4.78, 5) is 17.8. The van der Waals surface area contributed by atoms with Gasteiger partial charge in [-0.2, -0.15) is 4.98 Å². The highest BCUT2D eigenvalue weighted by Crippen LogP contribution is 2.38. The molecule has 1 aliphatic rings. The summed E-state index contributed by atoms with van der Waals surface area (Å²) in [5.41, 5.74) is 2.94. The van der Waals surface area contributed by atoms with Gasteiger partial charge in [-0.1, -0.05) is 66.3 Å². The average Bonchev–Trinajstić information content (AvgIpc) is 3.23. The van der Waals surface area contributed by atoms with E-state index in [0.29, 0.717) is 38.9 Å². The van der Waals surface area contributed by atoms with E-state index in [9.17, 15) is 4.79 Å². The second-order valence-electron chi connectivity index (χ2n) is 8.24. The number of carbonyl (C=O) groups is 1. The Labute approximate surface area is 214 Å². The van der Waals surface area contributed by atoms with Gasteiger partial charge >= 0.3 is 5.97 Å². The van der Waals surface area contributed by atoms with Gasteiger partial charge in [-0.15, -0.1) is 5.10 Å². The highest BCUT2D eigenvalue weighted by atomic mass is 35.5. The quantitative estimate of drug-likeness (QED) is 0.214. The van der Waals surface area contributed by atoms with Crippen LogP contribution in [-0.4, -0.2) is 33.4 Å². The van der Waals surface area contributed by atoms with Gasteiger partial charge in [-0.05, 0) is 50.1 Å². The van der Waals surface area contributed by atoms with E-state index in [-0.39, 0.29) is 12.7 Å². The lowest BCUT2D eigenvalue weighted by molar-refractivity contribution is -0.138. The molecule has 0 spiro atoms. The third-order valence-electron chi connectivity index (χ3n) is 5.25. The Bertz CT molecular complexity index is 1270. The van der Waals surface area contributed by atoms with E-state index < -0.39 is 12.0 Å². The molecule has 1 atom stereocenters. The third-order valence-corrected chi connectivity index (χ3v) is 6.50. The summed E-state index contributed by atoms with van der Waals surface area (Å²) in [5, 5.41) is 9.24. The summed E-state index contributed by atoms with van der Waals surface area (Å²) in [5.74, 6) is 1.43. The minimum Gasteiger partial charge on any atom is -0.491 e. The molecule has 1 unspecified atom stereocenters. The average molecular weight is 511 g/mol. The van der Waals surface area contributed by atoms with Crippen LogP contribution in [0.3, 0.4) is 0 Å². The van der Waals surface area contributed by atoms with Crippen molar-refractivity contribution in [2.24, 2.45) is 0 Å². The fourth-order valence-electron chi connectivity index (χ4n) is 3.77. The van der Waals surface area contributed by atoms with Gasteiger partial charge in [0.25, 0.3) is 0 Å². The lowest BCUT2D eigenvalue weighted by atomic mass is 9.95. The van der Waals surface area contributed by atoms with Crippen molar-refractivity contribution in [1.29, 1.82) is 0 Å². The summed E-state index contributed by atoms with van der Waals surface area (Å²) >= 11 is 7.79. The lowest BCUT2D eigenvalue weighted by Gasteiger charge is -2.28. The molecule has 0 bridgehead atoms. The summed E-state index contributed by atoms with van der Waals surface area (Å²) < 4.78 is 13.0. The molecule has 35 heavy (non-hydrogen) atoms. The second-order valence-corrected chi connectivity index (χ2v) is 9.58. The molecule has 0 amide bonds. The number of hydrogen-bond donors (Lipinski definition) is 1. The van der Waals surface area contributed by atoms with Crippen LogP contribution in [0.1, 0.15) is 37.9 Å². The van der Waals surface area contributed by atoms with E-state index in [0.717, 1.165) is 11.1 Å². The maximum absolute atomic E-state index is 13.1. The van der Waals surface area contributed by atoms with Crippen LogP contribution in [-0.2, 0) is 15.3 Å². The van der Waals surface area contributed by atoms with Crippen molar-refractivity contribution in [3.05, 3.63) is 88.6 Å². The normalized spacial score (nSPS) is 14.9. The van der Waals surface area contributed by atoms with E-state index in [1.54, 1.807) is 10.8 Å². The zero-order chi connectivity index (χ0) is 24.9. The van der Waals surface area contributed by atoms with Crippen molar-refractivity contribution in [3.8, 4) is 5.75 Å². The van der Waals surface area contributed by atoms with Crippen LogP contribution in [0.15, 0.2) is 77.6 Å². The SMILES string of the molecule is C=CCOC(=O)C1=C(C)Nc2nc(SCc3ccccc3Cl)nn2C1c1cccc(OC(C)C)c1. The number of ether oxygens (including phenoxy) is 2. The predicted molar refractivity (Wildman–Crippen MR) is 139 cm³/mol. The van der Waals surface area contributed by atoms with Crippen LogP contribution in [0.25, 0.3) is 0 Å². The van der Waals surface area contributed by atoms with Crippen molar-refractivity contribution < 1.29 is 14.3 Å². The molecule has 2 heterocycles. The molecular formula is C26H27ClN4O3S. The van der Waals surface area contributed by atoms with Crippen LogP contribution >= 0.6 is 23.4 Å². The van der Waals surface area contributed by atoms with E-state index in [4.69, 9.17) is 26.2 Å². The summed E-state index contributed by atoms with van der Waals surface area (Å²) in [7, 11) is 0. The molecule has 7 nitrogen and oxygen atoms in total. The Morgan fingerprint density at radius 3 is 2.83 bits per heavy atom. The number of anilines is 1. The highest BCUT2D eigenvalue weighted by Gasteiger charge is 2.35. The Kier molecular flexibility index (Phi) is 7.83. The molecule has 1 aliphatic heterocycles. The number of aromatic nitrogens is 3. The van der Waals surface area contributed by atoms with Crippen molar-refractivity contribution in [1.82, 2.24) is 14.8 Å². The van der Waals surface area contributed by atoms with Gasteiger partial charge in [0.05, 0.1) is 11.7 Å². The number of thioether (sulfide) groups is 1. The minimum atomic E-state index is -0.540. The van der Waals surface area contributed by atoms with E-state index in [2.05, 4.69) is 16.9 Å². The number of halogens is 1. The maximum Gasteiger partial charge on any atom is 0.338 e. The van der Waals surface area contributed by atoms with Crippen molar-refractivity contribution in [2.75, 3.05) is 11.9 Å². The van der Waals surface area contributed by atoms with Gasteiger partial charge in [0, 0.05) is 16.5 Å². The molecule has 3 aromatic rings. The van der Waals surface area contributed by atoms with Crippen LogP contribution in [0, 0.1) is 0 Å².